The first-order chi connectivity index (χ1) is 9.16. The summed E-state index contributed by atoms with van der Waals surface area (Å²) in [6, 6.07) is 1.56. The number of aliphatic carboxylic acids is 1. The molecule has 0 atom stereocenters. The van der Waals surface area contributed by atoms with Crippen LogP contribution in [0.3, 0.4) is 0 Å². The first-order valence-electron chi connectivity index (χ1n) is 6.38. The Balaban J connectivity index is 2.08. The highest BCUT2D eigenvalue weighted by atomic mass is 16.4. The van der Waals surface area contributed by atoms with E-state index < -0.39 is 5.97 Å². The van der Waals surface area contributed by atoms with Crippen molar-refractivity contribution in [2.24, 2.45) is 0 Å². The van der Waals surface area contributed by atoms with Crippen molar-refractivity contribution in [3.8, 4) is 0 Å². The topological polar surface area (TPSA) is 75.4 Å². The van der Waals surface area contributed by atoms with Gasteiger partial charge in [0.2, 0.25) is 0 Å². The van der Waals surface area contributed by atoms with Crippen LogP contribution in [0.25, 0.3) is 0 Å². The number of carboxylic acids is 1. The minimum Gasteiger partial charge on any atom is -0.478 e. The molecule has 0 radical (unpaired) electrons. The lowest BCUT2D eigenvalue weighted by Gasteiger charge is -2.28. The van der Waals surface area contributed by atoms with E-state index in [1.165, 1.54) is 17.2 Å². The van der Waals surface area contributed by atoms with Crippen LogP contribution < -0.4 is 10.5 Å². The van der Waals surface area contributed by atoms with E-state index in [9.17, 15) is 9.59 Å². The molecule has 1 aliphatic rings. The molecular formula is C13H17N3O3. The van der Waals surface area contributed by atoms with Gasteiger partial charge in [-0.25, -0.2) is 9.48 Å². The van der Waals surface area contributed by atoms with E-state index >= 15 is 0 Å². The number of aromatic nitrogens is 2. The van der Waals surface area contributed by atoms with Crippen LogP contribution in [-0.2, 0) is 11.3 Å². The van der Waals surface area contributed by atoms with Gasteiger partial charge in [-0.15, -0.1) is 0 Å². The van der Waals surface area contributed by atoms with Crippen LogP contribution in [0.5, 0.6) is 0 Å². The van der Waals surface area contributed by atoms with Gasteiger partial charge in [-0.3, -0.25) is 4.79 Å². The zero-order valence-corrected chi connectivity index (χ0v) is 10.7. The molecule has 1 aliphatic heterocycles. The fourth-order valence-electron chi connectivity index (χ4n) is 2.14. The molecule has 102 valence electrons. The molecule has 19 heavy (non-hydrogen) atoms. The van der Waals surface area contributed by atoms with Crippen LogP contribution in [0.1, 0.15) is 19.3 Å². The lowest BCUT2D eigenvalue weighted by molar-refractivity contribution is -0.131. The predicted octanol–water partition coefficient (Wildman–Crippen LogP) is 0.874. The summed E-state index contributed by atoms with van der Waals surface area (Å²) in [4.78, 5) is 24.3. The number of anilines is 1. The van der Waals surface area contributed by atoms with Gasteiger partial charge in [0.1, 0.15) is 0 Å². The third-order valence-corrected chi connectivity index (χ3v) is 3.12. The van der Waals surface area contributed by atoms with E-state index in [0.717, 1.165) is 37.7 Å². The molecular weight excluding hydrogens is 246 g/mol. The second kappa shape index (κ2) is 6.17. The Kier molecular flexibility index (Phi) is 4.33. The summed E-state index contributed by atoms with van der Waals surface area (Å²) in [6.45, 7) is 2.10. The van der Waals surface area contributed by atoms with Crippen molar-refractivity contribution in [3.05, 3.63) is 34.8 Å². The highest BCUT2D eigenvalue weighted by Crippen LogP contribution is 2.16. The maximum Gasteiger partial charge on any atom is 0.328 e. The minimum absolute atomic E-state index is 0.172. The Morgan fingerprint density at radius 3 is 2.74 bits per heavy atom. The van der Waals surface area contributed by atoms with Gasteiger partial charge in [-0.1, -0.05) is 6.08 Å². The van der Waals surface area contributed by atoms with Gasteiger partial charge < -0.3 is 10.0 Å². The first-order valence-corrected chi connectivity index (χ1v) is 6.38. The lowest BCUT2D eigenvalue weighted by Crippen LogP contribution is -2.32. The Hall–Kier alpha value is -2.11. The number of hydrogen-bond donors (Lipinski definition) is 1. The maximum atomic E-state index is 11.9. The molecule has 0 aromatic carbocycles. The average molecular weight is 263 g/mol. The fourth-order valence-corrected chi connectivity index (χ4v) is 2.14. The minimum atomic E-state index is -1.03. The highest BCUT2D eigenvalue weighted by molar-refractivity contribution is 5.79. The second-order valence-electron chi connectivity index (χ2n) is 4.52. The van der Waals surface area contributed by atoms with Crippen molar-refractivity contribution in [3.63, 3.8) is 0 Å². The van der Waals surface area contributed by atoms with Crippen molar-refractivity contribution >= 4 is 11.7 Å². The molecule has 1 aromatic heterocycles. The Morgan fingerprint density at radius 1 is 1.37 bits per heavy atom. The van der Waals surface area contributed by atoms with Gasteiger partial charge in [0.15, 0.2) is 0 Å². The van der Waals surface area contributed by atoms with E-state index in [-0.39, 0.29) is 12.1 Å². The molecule has 1 fully saturated rings. The SMILES string of the molecule is O=C(O)/C=C/Cn1ncc(N2CCCCC2)cc1=O. The molecule has 0 aliphatic carbocycles. The van der Waals surface area contributed by atoms with Crippen molar-refractivity contribution < 1.29 is 9.90 Å². The van der Waals surface area contributed by atoms with Crippen LogP contribution in [0.4, 0.5) is 5.69 Å². The summed E-state index contributed by atoms with van der Waals surface area (Å²) in [7, 11) is 0. The predicted molar refractivity (Wildman–Crippen MR) is 71.3 cm³/mol. The molecule has 6 heteroatoms. The third-order valence-electron chi connectivity index (χ3n) is 3.12. The average Bonchev–Trinajstić information content (AvgIpc) is 2.41. The van der Waals surface area contributed by atoms with E-state index in [4.69, 9.17) is 5.11 Å². The summed E-state index contributed by atoms with van der Waals surface area (Å²) in [5, 5.41) is 12.5. The Labute approximate surface area is 111 Å². The molecule has 2 heterocycles. The number of carbonyl (C=O) groups is 1. The lowest BCUT2D eigenvalue weighted by atomic mass is 10.1. The van der Waals surface area contributed by atoms with E-state index in [1.807, 2.05) is 0 Å². The summed E-state index contributed by atoms with van der Waals surface area (Å²) in [6.07, 6.45) is 7.60. The second-order valence-corrected chi connectivity index (χ2v) is 4.52. The molecule has 0 saturated carbocycles. The molecule has 1 aromatic rings. The van der Waals surface area contributed by atoms with E-state index in [1.54, 1.807) is 12.3 Å². The fraction of sp³-hybridized carbons (Fsp3) is 0.462. The molecule has 1 N–H and O–H groups in total. The van der Waals surface area contributed by atoms with Crippen molar-refractivity contribution in [2.45, 2.75) is 25.8 Å². The van der Waals surface area contributed by atoms with Gasteiger partial charge in [0, 0.05) is 25.2 Å². The smallest absolute Gasteiger partial charge is 0.328 e. The van der Waals surface area contributed by atoms with Crippen LogP contribution in [0.15, 0.2) is 29.2 Å². The number of rotatable bonds is 4. The quantitative estimate of drug-likeness (QED) is 0.816. The standard InChI is InChI=1S/C13H17N3O3/c17-12-9-11(15-6-2-1-3-7-15)10-14-16(12)8-4-5-13(18)19/h4-5,9-10H,1-3,6-8H2,(H,18,19)/b5-4+. The Bertz CT molecular complexity index is 530. The number of allylic oxidation sites excluding steroid dienone is 1. The number of hydrogen-bond acceptors (Lipinski definition) is 4. The summed E-state index contributed by atoms with van der Waals surface area (Å²) in [5.41, 5.74) is 0.640. The largest absolute Gasteiger partial charge is 0.478 e. The maximum absolute atomic E-state index is 11.9. The van der Waals surface area contributed by atoms with Crippen LogP contribution in [-0.4, -0.2) is 33.9 Å². The summed E-state index contributed by atoms with van der Waals surface area (Å²) < 4.78 is 1.24. The van der Waals surface area contributed by atoms with Gasteiger partial charge in [0.25, 0.3) is 5.56 Å². The van der Waals surface area contributed by atoms with E-state index in [2.05, 4.69) is 10.00 Å². The number of piperidine rings is 1. The molecule has 6 nitrogen and oxygen atoms in total. The number of carboxylic acid groups (broad SMARTS) is 1. The van der Waals surface area contributed by atoms with Gasteiger partial charge in [0.05, 0.1) is 18.4 Å². The van der Waals surface area contributed by atoms with Gasteiger partial charge in [-0.2, -0.15) is 5.10 Å². The summed E-state index contributed by atoms with van der Waals surface area (Å²) in [5.74, 6) is -1.03. The zero-order valence-electron chi connectivity index (χ0n) is 10.7. The van der Waals surface area contributed by atoms with Crippen molar-refractivity contribution in [1.29, 1.82) is 0 Å². The van der Waals surface area contributed by atoms with Gasteiger partial charge in [-0.05, 0) is 19.3 Å². The summed E-state index contributed by atoms with van der Waals surface area (Å²) >= 11 is 0. The Morgan fingerprint density at radius 2 is 2.11 bits per heavy atom. The molecule has 0 bridgehead atoms. The highest BCUT2D eigenvalue weighted by Gasteiger charge is 2.12. The molecule has 2 rings (SSSR count). The first kappa shape index (κ1) is 13.3. The van der Waals surface area contributed by atoms with E-state index in [0.29, 0.717) is 0 Å². The molecule has 0 spiro atoms. The molecule has 0 amide bonds. The molecule has 0 unspecified atom stereocenters. The normalized spacial score (nSPS) is 15.9. The van der Waals surface area contributed by atoms with Crippen LogP contribution in [0.2, 0.25) is 0 Å². The van der Waals surface area contributed by atoms with Crippen molar-refractivity contribution in [1.82, 2.24) is 9.78 Å². The zero-order chi connectivity index (χ0) is 13.7. The van der Waals surface area contributed by atoms with Crippen LogP contribution in [0, 0.1) is 0 Å². The number of nitrogens with zero attached hydrogens (tertiary/aromatic N) is 3. The monoisotopic (exact) mass is 263 g/mol. The van der Waals surface area contributed by atoms with Crippen molar-refractivity contribution in [2.75, 3.05) is 18.0 Å². The third kappa shape index (κ3) is 3.67. The van der Waals surface area contributed by atoms with Gasteiger partial charge >= 0.3 is 5.97 Å². The molecule has 1 saturated heterocycles. The van der Waals surface area contributed by atoms with Crippen LogP contribution >= 0.6 is 0 Å².